The Morgan fingerprint density at radius 1 is 0.914 bits per heavy atom. The van der Waals surface area contributed by atoms with E-state index in [0.717, 1.165) is 17.3 Å². The van der Waals surface area contributed by atoms with Crippen molar-refractivity contribution in [2.45, 2.75) is 13.5 Å². The zero-order valence-corrected chi connectivity index (χ0v) is 19.9. The normalized spacial score (nSPS) is 14.5. The van der Waals surface area contributed by atoms with Crippen LogP contribution in [0.25, 0.3) is 6.08 Å². The molecule has 0 atom stereocenters. The quantitative estimate of drug-likeness (QED) is 0.327. The number of carbonyl (C=O) groups excluding carboxylic acids is 2. The summed E-state index contributed by atoms with van der Waals surface area (Å²) in [5.41, 5.74) is 1.52. The Hall–Kier alpha value is -3.78. The van der Waals surface area contributed by atoms with Crippen LogP contribution in [0, 0.1) is 5.82 Å². The molecule has 0 aliphatic carbocycles. The van der Waals surface area contributed by atoms with E-state index in [0.29, 0.717) is 34.3 Å². The van der Waals surface area contributed by atoms with Gasteiger partial charge in [-0.3, -0.25) is 14.5 Å². The van der Waals surface area contributed by atoms with Crippen molar-refractivity contribution in [3.8, 4) is 17.2 Å². The number of hydrogen-bond donors (Lipinski definition) is 0. The number of amides is 2. The highest BCUT2D eigenvalue weighted by Gasteiger charge is 2.34. The smallest absolute Gasteiger partial charge is 0.293 e. The molecule has 0 unspecified atom stereocenters. The van der Waals surface area contributed by atoms with Crippen molar-refractivity contribution in [2.24, 2.45) is 0 Å². The van der Waals surface area contributed by atoms with Gasteiger partial charge in [-0.1, -0.05) is 36.4 Å². The van der Waals surface area contributed by atoms with E-state index >= 15 is 0 Å². The van der Waals surface area contributed by atoms with Crippen LogP contribution < -0.4 is 14.2 Å². The molecule has 0 bridgehead atoms. The van der Waals surface area contributed by atoms with E-state index in [1.54, 1.807) is 36.4 Å². The van der Waals surface area contributed by atoms with Crippen LogP contribution in [0.1, 0.15) is 18.1 Å². The van der Waals surface area contributed by atoms with Gasteiger partial charge in [-0.25, -0.2) is 4.39 Å². The zero-order chi connectivity index (χ0) is 24.6. The zero-order valence-electron chi connectivity index (χ0n) is 19.1. The van der Waals surface area contributed by atoms with Crippen LogP contribution in [-0.4, -0.2) is 35.8 Å². The van der Waals surface area contributed by atoms with Crippen molar-refractivity contribution in [1.29, 1.82) is 0 Å². The molecule has 1 fully saturated rings. The Bertz CT molecular complexity index is 1210. The second-order valence-electron chi connectivity index (χ2n) is 7.55. The Balaban J connectivity index is 1.42. The summed E-state index contributed by atoms with van der Waals surface area (Å²) < 4.78 is 30.3. The number of imide groups is 1. The van der Waals surface area contributed by atoms with Gasteiger partial charge in [-0.05, 0) is 72.3 Å². The van der Waals surface area contributed by atoms with Gasteiger partial charge in [0.05, 0.1) is 18.1 Å². The fraction of sp³-hybridized carbons (Fsp3) is 0.185. The van der Waals surface area contributed by atoms with E-state index in [2.05, 4.69) is 0 Å². The Kier molecular flexibility index (Phi) is 8.05. The summed E-state index contributed by atoms with van der Waals surface area (Å²) >= 11 is 0.895. The van der Waals surface area contributed by atoms with Gasteiger partial charge >= 0.3 is 0 Å². The lowest BCUT2D eigenvalue weighted by Crippen LogP contribution is -2.32. The number of halogens is 1. The molecule has 0 saturated carbocycles. The summed E-state index contributed by atoms with van der Waals surface area (Å²) in [6, 6.07) is 20.6. The maximum atomic E-state index is 13.1. The van der Waals surface area contributed by atoms with Gasteiger partial charge in [-0.15, -0.1) is 0 Å². The lowest BCUT2D eigenvalue weighted by Gasteiger charge is -2.13. The van der Waals surface area contributed by atoms with Crippen molar-refractivity contribution in [2.75, 3.05) is 19.8 Å². The molecule has 2 amide bonds. The SMILES string of the molecule is CCOc1cc(/C=C2\SC(=O)N(CCOc3ccccc3)C2=O)ccc1OCc1ccc(F)cc1. The monoisotopic (exact) mass is 493 g/mol. The van der Waals surface area contributed by atoms with E-state index in [9.17, 15) is 14.0 Å². The minimum Gasteiger partial charge on any atom is -0.492 e. The summed E-state index contributed by atoms with van der Waals surface area (Å²) in [4.78, 5) is 26.7. The van der Waals surface area contributed by atoms with Crippen molar-refractivity contribution in [1.82, 2.24) is 4.90 Å². The Morgan fingerprint density at radius 2 is 1.69 bits per heavy atom. The molecular formula is C27H24FNO5S. The molecule has 0 aromatic heterocycles. The highest BCUT2D eigenvalue weighted by molar-refractivity contribution is 8.18. The third-order valence-electron chi connectivity index (χ3n) is 5.07. The standard InChI is InChI=1S/C27H24FNO5S/c1-2-32-24-16-20(10-13-23(24)34-18-19-8-11-21(28)12-9-19)17-25-26(30)29(27(31)35-25)14-15-33-22-6-4-3-5-7-22/h3-13,16-17H,2,14-15,18H2,1H3/b25-17-. The summed E-state index contributed by atoms with van der Waals surface area (Å²) in [6.45, 7) is 2.92. The fourth-order valence-electron chi connectivity index (χ4n) is 3.36. The lowest BCUT2D eigenvalue weighted by molar-refractivity contribution is -0.123. The number of para-hydroxylation sites is 1. The van der Waals surface area contributed by atoms with E-state index in [4.69, 9.17) is 14.2 Å². The molecule has 0 spiro atoms. The largest absolute Gasteiger partial charge is 0.492 e. The summed E-state index contributed by atoms with van der Waals surface area (Å²) in [6.07, 6.45) is 1.66. The highest BCUT2D eigenvalue weighted by Crippen LogP contribution is 2.35. The fourth-order valence-corrected chi connectivity index (χ4v) is 4.22. The Morgan fingerprint density at radius 3 is 2.43 bits per heavy atom. The number of rotatable bonds is 10. The molecule has 3 aromatic carbocycles. The predicted molar refractivity (Wildman–Crippen MR) is 133 cm³/mol. The first-order valence-electron chi connectivity index (χ1n) is 11.1. The molecule has 1 aliphatic heterocycles. The number of hydrogen-bond acceptors (Lipinski definition) is 6. The van der Waals surface area contributed by atoms with Crippen molar-refractivity contribution < 1.29 is 28.2 Å². The van der Waals surface area contributed by atoms with E-state index in [1.165, 1.54) is 17.0 Å². The van der Waals surface area contributed by atoms with E-state index < -0.39 is 0 Å². The minimum absolute atomic E-state index is 0.164. The highest BCUT2D eigenvalue weighted by atomic mass is 32.2. The molecular weight excluding hydrogens is 469 g/mol. The van der Waals surface area contributed by atoms with Crippen LogP contribution in [0.2, 0.25) is 0 Å². The van der Waals surface area contributed by atoms with Gasteiger partial charge in [0.15, 0.2) is 11.5 Å². The van der Waals surface area contributed by atoms with Gasteiger partial charge in [0, 0.05) is 0 Å². The number of carbonyl (C=O) groups is 2. The maximum Gasteiger partial charge on any atom is 0.293 e. The summed E-state index contributed by atoms with van der Waals surface area (Å²) in [5, 5.41) is -0.331. The molecule has 1 saturated heterocycles. The number of nitrogens with zero attached hydrogens (tertiary/aromatic N) is 1. The van der Waals surface area contributed by atoms with Crippen molar-refractivity contribution in [3.63, 3.8) is 0 Å². The van der Waals surface area contributed by atoms with E-state index in [-0.39, 0.29) is 36.7 Å². The van der Waals surface area contributed by atoms with Crippen LogP contribution in [0.3, 0.4) is 0 Å². The average Bonchev–Trinajstić information content (AvgIpc) is 3.13. The second kappa shape index (κ2) is 11.6. The first kappa shape index (κ1) is 24.3. The van der Waals surface area contributed by atoms with Crippen molar-refractivity contribution in [3.05, 3.63) is 94.6 Å². The molecule has 8 heteroatoms. The average molecular weight is 494 g/mol. The molecule has 0 radical (unpaired) electrons. The third kappa shape index (κ3) is 6.42. The lowest BCUT2D eigenvalue weighted by atomic mass is 10.1. The van der Waals surface area contributed by atoms with Crippen LogP contribution in [0.5, 0.6) is 17.2 Å². The first-order valence-corrected chi connectivity index (χ1v) is 11.9. The Labute approximate surface area is 207 Å². The van der Waals surface area contributed by atoms with Crippen LogP contribution in [-0.2, 0) is 11.4 Å². The summed E-state index contributed by atoms with van der Waals surface area (Å²) in [5.74, 6) is 1.06. The van der Waals surface area contributed by atoms with Gasteiger partial charge in [0.1, 0.15) is 24.8 Å². The number of ether oxygens (including phenoxy) is 3. The number of benzene rings is 3. The van der Waals surface area contributed by atoms with Gasteiger partial charge in [0.2, 0.25) is 0 Å². The molecule has 3 aromatic rings. The molecule has 6 nitrogen and oxygen atoms in total. The van der Waals surface area contributed by atoms with E-state index in [1.807, 2.05) is 37.3 Å². The molecule has 1 aliphatic rings. The second-order valence-corrected chi connectivity index (χ2v) is 8.54. The summed E-state index contributed by atoms with van der Waals surface area (Å²) in [7, 11) is 0. The van der Waals surface area contributed by atoms with Crippen LogP contribution >= 0.6 is 11.8 Å². The van der Waals surface area contributed by atoms with Gasteiger partial charge in [-0.2, -0.15) is 0 Å². The molecule has 1 heterocycles. The van der Waals surface area contributed by atoms with Crippen LogP contribution in [0.15, 0.2) is 77.7 Å². The number of thioether (sulfide) groups is 1. The first-order chi connectivity index (χ1) is 17.0. The third-order valence-corrected chi connectivity index (χ3v) is 5.98. The minimum atomic E-state index is -0.355. The van der Waals surface area contributed by atoms with Gasteiger partial charge < -0.3 is 14.2 Å². The molecule has 35 heavy (non-hydrogen) atoms. The van der Waals surface area contributed by atoms with Crippen LogP contribution in [0.4, 0.5) is 9.18 Å². The molecule has 180 valence electrons. The maximum absolute atomic E-state index is 13.1. The topological polar surface area (TPSA) is 65.1 Å². The van der Waals surface area contributed by atoms with Gasteiger partial charge in [0.25, 0.3) is 11.1 Å². The predicted octanol–water partition coefficient (Wildman–Crippen LogP) is 5.92. The van der Waals surface area contributed by atoms with Crippen molar-refractivity contribution >= 4 is 29.0 Å². The molecule has 0 N–H and O–H groups in total. The molecule has 4 rings (SSSR count).